The fraction of sp³-hybridized carbons (Fsp3) is 0.150. The smallest absolute Gasteiger partial charge is 0.266 e. The van der Waals surface area contributed by atoms with E-state index in [0.29, 0.717) is 17.2 Å². The molecule has 3 rings (SSSR count). The number of para-hydroxylation sites is 1. The monoisotopic (exact) mass is 462 g/mol. The van der Waals surface area contributed by atoms with Gasteiger partial charge in [0.2, 0.25) is 5.13 Å². The molecule has 1 heterocycles. The fourth-order valence-electron chi connectivity index (χ4n) is 2.63. The summed E-state index contributed by atoms with van der Waals surface area (Å²) < 4.78 is 27.9. The van der Waals surface area contributed by atoms with Crippen molar-refractivity contribution in [3.8, 4) is 0 Å². The Kier molecular flexibility index (Phi) is 6.86. The molecule has 30 heavy (non-hydrogen) atoms. The van der Waals surface area contributed by atoms with Crippen LogP contribution in [-0.2, 0) is 16.4 Å². The molecule has 0 spiro atoms. The van der Waals surface area contributed by atoms with Gasteiger partial charge < -0.3 is 0 Å². The molecule has 7 nitrogen and oxygen atoms in total. The lowest BCUT2D eigenvalue weighted by Gasteiger charge is -2.24. The number of rotatable bonds is 8. The maximum atomic E-state index is 13.4. The van der Waals surface area contributed by atoms with E-state index in [1.165, 1.54) is 39.9 Å². The van der Waals surface area contributed by atoms with E-state index in [9.17, 15) is 13.2 Å². The number of aryl methyl sites for hydroxylation is 1. The third kappa shape index (κ3) is 4.69. The van der Waals surface area contributed by atoms with Crippen molar-refractivity contribution in [2.75, 3.05) is 16.2 Å². The Balaban J connectivity index is 1.96. The molecule has 0 atom stereocenters. The standard InChI is InChI=1S/C20H19ClN4O3S2/c1-3-12-25(15-8-6-5-7-9-15)30(27,28)17-13-14(10-11-16(17)21)19(26)22-20-24-23-18(4-2)29-20/h3,5-11,13H,1,4,12H2,2H3,(H,22,24,26). The van der Waals surface area contributed by atoms with Crippen molar-refractivity contribution in [1.82, 2.24) is 10.2 Å². The number of hydrogen-bond donors (Lipinski definition) is 1. The summed E-state index contributed by atoms with van der Waals surface area (Å²) in [5.41, 5.74) is 0.599. The van der Waals surface area contributed by atoms with Gasteiger partial charge in [-0.3, -0.25) is 14.4 Å². The summed E-state index contributed by atoms with van der Waals surface area (Å²) in [4.78, 5) is 12.5. The number of nitrogens with zero attached hydrogens (tertiary/aromatic N) is 3. The van der Waals surface area contributed by atoms with Crippen LogP contribution in [0, 0.1) is 0 Å². The molecule has 156 valence electrons. The zero-order valence-electron chi connectivity index (χ0n) is 16.1. The maximum absolute atomic E-state index is 13.4. The first-order valence-corrected chi connectivity index (χ1v) is 11.6. The summed E-state index contributed by atoms with van der Waals surface area (Å²) in [5, 5.41) is 11.6. The van der Waals surface area contributed by atoms with Crippen LogP contribution in [0.25, 0.3) is 0 Å². The third-order valence-corrected chi connectivity index (χ3v) is 7.35. The predicted molar refractivity (Wildman–Crippen MR) is 120 cm³/mol. The second-order valence-electron chi connectivity index (χ2n) is 6.11. The van der Waals surface area contributed by atoms with Gasteiger partial charge >= 0.3 is 0 Å². The van der Waals surface area contributed by atoms with Crippen molar-refractivity contribution in [3.05, 3.63) is 76.8 Å². The van der Waals surface area contributed by atoms with E-state index in [0.717, 1.165) is 5.01 Å². The van der Waals surface area contributed by atoms with Gasteiger partial charge in [-0.05, 0) is 36.8 Å². The molecule has 0 saturated carbocycles. The number of carbonyl (C=O) groups is 1. The fourth-order valence-corrected chi connectivity index (χ4v) is 5.24. The summed E-state index contributed by atoms with van der Waals surface area (Å²) >= 11 is 7.48. The Labute approximate surface area is 184 Å². The minimum absolute atomic E-state index is 0.0146. The molecular weight excluding hydrogens is 444 g/mol. The molecule has 0 aliphatic heterocycles. The molecule has 0 radical (unpaired) electrons. The summed E-state index contributed by atoms with van der Waals surface area (Å²) in [6.07, 6.45) is 2.19. The first kappa shape index (κ1) is 21.9. The maximum Gasteiger partial charge on any atom is 0.266 e. The molecule has 1 N–H and O–H groups in total. The van der Waals surface area contributed by atoms with Crippen LogP contribution in [0.4, 0.5) is 10.8 Å². The van der Waals surface area contributed by atoms with Gasteiger partial charge in [0.25, 0.3) is 15.9 Å². The highest BCUT2D eigenvalue weighted by atomic mass is 35.5. The molecule has 0 saturated heterocycles. The average Bonchev–Trinajstić information content (AvgIpc) is 3.20. The van der Waals surface area contributed by atoms with E-state index < -0.39 is 15.9 Å². The van der Waals surface area contributed by atoms with Crippen molar-refractivity contribution < 1.29 is 13.2 Å². The van der Waals surface area contributed by atoms with Crippen molar-refractivity contribution in [2.45, 2.75) is 18.2 Å². The van der Waals surface area contributed by atoms with Crippen LogP contribution in [0.2, 0.25) is 5.02 Å². The Morgan fingerprint density at radius 2 is 1.97 bits per heavy atom. The number of amides is 1. The van der Waals surface area contributed by atoms with Crippen LogP contribution >= 0.6 is 22.9 Å². The lowest BCUT2D eigenvalue weighted by atomic mass is 10.2. The molecule has 2 aromatic carbocycles. The molecular formula is C20H19ClN4O3S2. The second-order valence-corrected chi connectivity index (χ2v) is 9.41. The number of carbonyl (C=O) groups excluding carboxylic acids is 1. The molecule has 1 aromatic heterocycles. The number of halogens is 1. The SMILES string of the molecule is C=CCN(c1ccccc1)S(=O)(=O)c1cc(C(=O)Nc2nnc(CC)s2)ccc1Cl. The molecule has 0 unspecified atom stereocenters. The van der Waals surface area contributed by atoms with Crippen LogP contribution in [0.3, 0.4) is 0 Å². The van der Waals surface area contributed by atoms with Gasteiger partial charge in [-0.1, -0.05) is 54.1 Å². The van der Waals surface area contributed by atoms with Crippen LogP contribution in [0.5, 0.6) is 0 Å². The van der Waals surface area contributed by atoms with Gasteiger partial charge in [0.15, 0.2) is 0 Å². The first-order chi connectivity index (χ1) is 14.4. The highest BCUT2D eigenvalue weighted by Gasteiger charge is 2.27. The van der Waals surface area contributed by atoms with E-state index in [-0.39, 0.29) is 22.0 Å². The summed E-state index contributed by atoms with van der Waals surface area (Å²) in [7, 11) is -4.05. The number of anilines is 2. The largest absolute Gasteiger partial charge is 0.296 e. The first-order valence-electron chi connectivity index (χ1n) is 8.98. The predicted octanol–water partition coefficient (Wildman–Crippen LogP) is 4.39. The van der Waals surface area contributed by atoms with Crippen LogP contribution < -0.4 is 9.62 Å². The number of sulfonamides is 1. The minimum atomic E-state index is -4.05. The minimum Gasteiger partial charge on any atom is -0.296 e. The topological polar surface area (TPSA) is 92.3 Å². The average molecular weight is 463 g/mol. The highest BCUT2D eigenvalue weighted by Crippen LogP contribution is 2.29. The van der Waals surface area contributed by atoms with E-state index in [2.05, 4.69) is 22.1 Å². The van der Waals surface area contributed by atoms with Crippen LogP contribution in [0.15, 0.2) is 66.1 Å². The zero-order chi connectivity index (χ0) is 21.7. The van der Waals surface area contributed by atoms with Crippen molar-refractivity contribution >= 4 is 49.7 Å². The molecule has 3 aromatic rings. The lowest BCUT2D eigenvalue weighted by Crippen LogP contribution is -2.31. The summed E-state index contributed by atoms with van der Waals surface area (Å²) in [6, 6.07) is 12.7. The van der Waals surface area contributed by atoms with Gasteiger partial charge in [0, 0.05) is 5.56 Å². The van der Waals surface area contributed by atoms with Gasteiger partial charge in [-0.25, -0.2) is 8.42 Å². The number of aromatic nitrogens is 2. The van der Waals surface area contributed by atoms with E-state index in [1.54, 1.807) is 30.3 Å². The van der Waals surface area contributed by atoms with Gasteiger partial charge in [-0.15, -0.1) is 16.8 Å². The quantitative estimate of drug-likeness (QED) is 0.501. The molecule has 10 heteroatoms. The molecule has 1 amide bonds. The molecule has 0 bridgehead atoms. The van der Waals surface area contributed by atoms with Gasteiger partial charge in [-0.2, -0.15) is 0 Å². The van der Waals surface area contributed by atoms with E-state index >= 15 is 0 Å². The van der Waals surface area contributed by atoms with E-state index in [1.807, 2.05) is 6.92 Å². The molecule has 0 aliphatic carbocycles. The van der Waals surface area contributed by atoms with Gasteiger partial charge in [0.05, 0.1) is 17.3 Å². The zero-order valence-corrected chi connectivity index (χ0v) is 18.5. The molecule has 0 fully saturated rings. The number of nitrogens with one attached hydrogen (secondary N) is 1. The Hall–Kier alpha value is -2.75. The number of benzene rings is 2. The molecule has 0 aliphatic rings. The number of hydrogen-bond acceptors (Lipinski definition) is 6. The lowest BCUT2D eigenvalue weighted by molar-refractivity contribution is 0.102. The summed E-state index contributed by atoms with van der Waals surface area (Å²) in [6.45, 7) is 5.62. The Bertz CT molecular complexity index is 1160. The van der Waals surface area contributed by atoms with Crippen molar-refractivity contribution in [1.29, 1.82) is 0 Å². The van der Waals surface area contributed by atoms with Crippen LogP contribution in [-0.4, -0.2) is 31.1 Å². The van der Waals surface area contributed by atoms with E-state index in [4.69, 9.17) is 11.6 Å². The normalized spacial score (nSPS) is 11.1. The third-order valence-electron chi connectivity index (χ3n) is 4.09. The summed E-state index contributed by atoms with van der Waals surface area (Å²) in [5.74, 6) is -0.503. The Morgan fingerprint density at radius 1 is 1.23 bits per heavy atom. The van der Waals surface area contributed by atoms with Crippen molar-refractivity contribution in [2.24, 2.45) is 0 Å². The van der Waals surface area contributed by atoms with Gasteiger partial charge in [0.1, 0.15) is 9.90 Å². The van der Waals surface area contributed by atoms with Crippen molar-refractivity contribution in [3.63, 3.8) is 0 Å². The Morgan fingerprint density at radius 3 is 2.60 bits per heavy atom. The second kappa shape index (κ2) is 9.38. The highest BCUT2D eigenvalue weighted by molar-refractivity contribution is 7.93. The van der Waals surface area contributed by atoms with Crippen LogP contribution in [0.1, 0.15) is 22.3 Å².